The van der Waals surface area contributed by atoms with Crippen LogP contribution in [-0.2, 0) is 16.6 Å². The van der Waals surface area contributed by atoms with Crippen LogP contribution in [0.5, 0.6) is 0 Å². The van der Waals surface area contributed by atoms with Gasteiger partial charge in [0.1, 0.15) is 10.7 Å². The first-order chi connectivity index (χ1) is 13.7. The standard InChI is InChI=1S/C22H21FN2O3S/c1-15-6-8-17(9-7-15)14-24-29(27,28)21-13-18(10-11-20(21)23)22(26)25-19-5-3-4-16(2)12-19/h3-13,24H,14H2,1-2H3,(H,25,26). The molecule has 0 saturated carbocycles. The van der Waals surface area contributed by atoms with E-state index in [9.17, 15) is 17.6 Å². The van der Waals surface area contributed by atoms with Gasteiger partial charge in [0.05, 0.1) is 0 Å². The number of carbonyl (C=O) groups is 1. The van der Waals surface area contributed by atoms with E-state index >= 15 is 0 Å². The van der Waals surface area contributed by atoms with Crippen LogP contribution < -0.4 is 10.0 Å². The van der Waals surface area contributed by atoms with Crippen molar-refractivity contribution in [3.05, 3.63) is 94.8 Å². The van der Waals surface area contributed by atoms with Crippen molar-refractivity contribution >= 4 is 21.6 Å². The Kier molecular flexibility index (Phi) is 6.10. The molecule has 0 aliphatic rings. The number of halogens is 1. The van der Waals surface area contributed by atoms with E-state index in [1.807, 2.05) is 32.0 Å². The van der Waals surface area contributed by atoms with Crippen molar-refractivity contribution < 1.29 is 17.6 Å². The molecule has 0 atom stereocenters. The molecular formula is C22H21FN2O3S. The Hall–Kier alpha value is -3.03. The van der Waals surface area contributed by atoms with Crippen LogP contribution in [0.1, 0.15) is 27.0 Å². The van der Waals surface area contributed by atoms with Crippen LogP contribution in [-0.4, -0.2) is 14.3 Å². The zero-order valence-electron chi connectivity index (χ0n) is 16.1. The Morgan fingerprint density at radius 3 is 2.34 bits per heavy atom. The summed E-state index contributed by atoms with van der Waals surface area (Å²) in [6.45, 7) is 3.83. The second-order valence-electron chi connectivity index (χ2n) is 6.78. The third-order valence-electron chi connectivity index (χ3n) is 4.35. The highest BCUT2D eigenvalue weighted by Crippen LogP contribution is 2.19. The topological polar surface area (TPSA) is 75.3 Å². The Morgan fingerprint density at radius 2 is 1.66 bits per heavy atom. The lowest BCUT2D eigenvalue weighted by Gasteiger charge is -2.11. The fraction of sp³-hybridized carbons (Fsp3) is 0.136. The zero-order chi connectivity index (χ0) is 21.0. The van der Waals surface area contributed by atoms with Gasteiger partial charge in [0.2, 0.25) is 10.0 Å². The summed E-state index contributed by atoms with van der Waals surface area (Å²) in [6.07, 6.45) is 0. The monoisotopic (exact) mass is 412 g/mol. The number of hydrogen-bond acceptors (Lipinski definition) is 3. The third kappa shape index (κ3) is 5.28. The molecule has 7 heteroatoms. The molecule has 29 heavy (non-hydrogen) atoms. The SMILES string of the molecule is Cc1ccc(CNS(=O)(=O)c2cc(C(=O)Nc3cccc(C)c3)ccc2F)cc1. The number of hydrogen-bond donors (Lipinski definition) is 2. The molecule has 5 nitrogen and oxygen atoms in total. The minimum Gasteiger partial charge on any atom is -0.322 e. The van der Waals surface area contributed by atoms with Gasteiger partial charge in [-0.2, -0.15) is 0 Å². The van der Waals surface area contributed by atoms with Crippen molar-refractivity contribution in [2.45, 2.75) is 25.3 Å². The molecule has 150 valence electrons. The number of aryl methyl sites for hydroxylation is 2. The fourth-order valence-corrected chi connectivity index (χ4v) is 3.86. The van der Waals surface area contributed by atoms with E-state index in [-0.39, 0.29) is 12.1 Å². The van der Waals surface area contributed by atoms with Gasteiger partial charge in [0, 0.05) is 17.8 Å². The first kappa shape index (κ1) is 20.7. The van der Waals surface area contributed by atoms with Crippen LogP contribution >= 0.6 is 0 Å². The number of carbonyl (C=O) groups excluding carboxylic acids is 1. The first-order valence-electron chi connectivity index (χ1n) is 8.97. The highest BCUT2D eigenvalue weighted by Gasteiger charge is 2.21. The molecule has 0 aromatic heterocycles. The van der Waals surface area contributed by atoms with Gasteiger partial charge >= 0.3 is 0 Å². The van der Waals surface area contributed by atoms with Gasteiger partial charge in [0.15, 0.2) is 0 Å². The largest absolute Gasteiger partial charge is 0.322 e. The average Bonchev–Trinajstić information content (AvgIpc) is 2.68. The summed E-state index contributed by atoms with van der Waals surface area (Å²) in [5.74, 6) is -1.45. The lowest BCUT2D eigenvalue weighted by atomic mass is 10.2. The molecule has 0 aliphatic heterocycles. The smallest absolute Gasteiger partial charge is 0.255 e. The van der Waals surface area contributed by atoms with E-state index in [0.717, 1.165) is 28.8 Å². The van der Waals surface area contributed by atoms with Gasteiger partial charge in [-0.15, -0.1) is 0 Å². The molecule has 0 fully saturated rings. The Bertz CT molecular complexity index is 1140. The number of amides is 1. The quantitative estimate of drug-likeness (QED) is 0.638. The summed E-state index contributed by atoms with van der Waals surface area (Å²) < 4.78 is 41.8. The van der Waals surface area contributed by atoms with Crippen LogP contribution in [0.25, 0.3) is 0 Å². The van der Waals surface area contributed by atoms with E-state index in [1.54, 1.807) is 30.3 Å². The lowest BCUT2D eigenvalue weighted by Crippen LogP contribution is -2.25. The number of rotatable bonds is 6. The molecule has 0 saturated heterocycles. The number of benzene rings is 3. The van der Waals surface area contributed by atoms with Gasteiger partial charge in [-0.05, 0) is 55.3 Å². The van der Waals surface area contributed by atoms with Crippen LogP contribution in [0, 0.1) is 19.7 Å². The molecule has 3 aromatic carbocycles. The van der Waals surface area contributed by atoms with Gasteiger partial charge in [-0.3, -0.25) is 4.79 Å². The van der Waals surface area contributed by atoms with Gasteiger partial charge in [0.25, 0.3) is 5.91 Å². The average molecular weight is 412 g/mol. The maximum Gasteiger partial charge on any atom is 0.255 e. The molecule has 2 N–H and O–H groups in total. The van der Waals surface area contributed by atoms with Crippen LogP contribution in [0.4, 0.5) is 10.1 Å². The highest BCUT2D eigenvalue weighted by molar-refractivity contribution is 7.89. The third-order valence-corrected chi connectivity index (χ3v) is 5.76. The summed E-state index contributed by atoms with van der Waals surface area (Å²) >= 11 is 0. The summed E-state index contributed by atoms with van der Waals surface area (Å²) in [5.41, 5.74) is 3.37. The Balaban J connectivity index is 1.79. The Labute approximate surface area is 169 Å². The van der Waals surface area contributed by atoms with E-state index < -0.39 is 26.6 Å². The minimum absolute atomic E-state index is 0.0156. The van der Waals surface area contributed by atoms with Crippen molar-refractivity contribution in [1.82, 2.24) is 4.72 Å². The van der Waals surface area contributed by atoms with E-state index in [0.29, 0.717) is 5.69 Å². The number of anilines is 1. The first-order valence-corrected chi connectivity index (χ1v) is 10.5. The summed E-state index contributed by atoms with van der Waals surface area (Å²) in [7, 11) is -4.14. The van der Waals surface area contributed by atoms with Crippen molar-refractivity contribution in [3.8, 4) is 0 Å². The second kappa shape index (κ2) is 8.55. The van der Waals surface area contributed by atoms with E-state index in [4.69, 9.17) is 0 Å². The normalized spacial score (nSPS) is 11.3. The molecule has 0 radical (unpaired) electrons. The second-order valence-corrected chi connectivity index (χ2v) is 8.51. The van der Waals surface area contributed by atoms with Crippen molar-refractivity contribution in [2.24, 2.45) is 0 Å². The predicted molar refractivity (Wildman–Crippen MR) is 111 cm³/mol. The zero-order valence-corrected chi connectivity index (χ0v) is 16.9. The summed E-state index contributed by atoms with van der Waals surface area (Å²) in [4.78, 5) is 11.9. The number of nitrogens with one attached hydrogen (secondary N) is 2. The minimum atomic E-state index is -4.14. The fourth-order valence-electron chi connectivity index (χ4n) is 2.74. The van der Waals surface area contributed by atoms with Gasteiger partial charge in [-0.1, -0.05) is 42.0 Å². The molecule has 3 rings (SSSR count). The maximum atomic E-state index is 14.2. The molecular weight excluding hydrogens is 391 g/mol. The molecule has 0 unspecified atom stereocenters. The van der Waals surface area contributed by atoms with Crippen LogP contribution in [0.2, 0.25) is 0 Å². The van der Waals surface area contributed by atoms with Crippen LogP contribution in [0.15, 0.2) is 71.6 Å². The van der Waals surface area contributed by atoms with Crippen LogP contribution in [0.3, 0.4) is 0 Å². The predicted octanol–water partition coefficient (Wildman–Crippen LogP) is 4.17. The van der Waals surface area contributed by atoms with Gasteiger partial charge in [-0.25, -0.2) is 17.5 Å². The molecule has 0 bridgehead atoms. The van der Waals surface area contributed by atoms with Crippen molar-refractivity contribution in [3.63, 3.8) is 0 Å². The molecule has 3 aromatic rings. The number of sulfonamides is 1. The Morgan fingerprint density at radius 1 is 0.931 bits per heavy atom. The molecule has 0 aliphatic carbocycles. The molecule has 0 heterocycles. The summed E-state index contributed by atoms with van der Waals surface area (Å²) in [6, 6.07) is 17.7. The highest BCUT2D eigenvalue weighted by atomic mass is 32.2. The van der Waals surface area contributed by atoms with Gasteiger partial charge < -0.3 is 5.32 Å². The maximum absolute atomic E-state index is 14.2. The lowest BCUT2D eigenvalue weighted by molar-refractivity contribution is 0.102. The van der Waals surface area contributed by atoms with Crippen molar-refractivity contribution in [2.75, 3.05) is 5.32 Å². The van der Waals surface area contributed by atoms with Crippen molar-refractivity contribution in [1.29, 1.82) is 0 Å². The van der Waals surface area contributed by atoms with E-state index in [2.05, 4.69) is 10.0 Å². The van der Waals surface area contributed by atoms with E-state index in [1.165, 1.54) is 6.07 Å². The molecule has 0 spiro atoms. The molecule has 1 amide bonds. The summed E-state index contributed by atoms with van der Waals surface area (Å²) in [5, 5.41) is 2.68.